The van der Waals surface area contributed by atoms with Crippen LogP contribution in [0.5, 0.6) is 0 Å². The van der Waals surface area contributed by atoms with Crippen molar-refractivity contribution in [3.8, 4) is 33.6 Å². The van der Waals surface area contributed by atoms with E-state index in [1.165, 1.54) is 98.8 Å². The van der Waals surface area contributed by atoms with E-state index in [4.69, 9.17) is 0 Å². The van der Waals surface area contributed by atoms with E-state index in [1.54, 1.807) is 0 Å². The first-order valence-electron chi connectivity index (χ1n) is 17.9. The first kappa shape index (κ1) is 28.9. The lowest BCUT2D eigenvalue weighted by Gasteiger charge is -2.13. The normalized spacial score (nSPS) is 11.8. The summed E-state index contributed by atoms with van der Waals surface area (Å²) in [5.41, 5.74) is 12.1. The number of rotatable bonds is 4. The van der Waals surface area contributed by atoms with Gasteiger partial charge < -0.3 is 9.13 Å². The molecule has 242 valence electrons. The maximum absolute atomic E-state index is 2.44. The van der Waals surface area contributed by atoms with Gasteiger partial charge in [-0.2, -0.15) is 0 Å². The monoisotopic (exact) mass is 660 g/mol. The van der Waals surface area contributed by atoms with Crippen LogP contribution in [0.2, 0.25) is 0 Å². The molecule has 0 spiro atoms. The minimum Gasteiger partial charge on any atom is -0.309 e. The molecule has 2 heteroatoms. The van der Waals surface area contributed by atoms with Crippen molar-refractivity contribution in [3.63, 3.8) is 0 Å². The molecule has 0 saturated heterocycles. The number of hydrogen-bond donors (Lipinski definition) is 0. The Bertz CT molecular complexity index is 3180. The summed E-state index contributed by atoms with van der Waals surface area (Å²) in [5, 5.41) is 10.0. The molecule has 0 unspecified atom stereocenters. The zero-order valence-electron chi connectivity index (χ0n) is 28.4. The van der Waals surface area contributed by atoms with Gasteiger partial charge in [0.1, 0.15) is 0 Å². The smallest absolute Gasteiger partial charge is 0.0541 e. The second-order valence-corrected chi connectivity index (χ2v) is 13.8. The van der Waals surface area contributed by atoms with Crippen LogP contribution >= 0.6 is 0 Å². The van der Waals surface area contributed by atoms with Crippen molar-refractivity contribution >= 4 is 65.2 Å². The van der Waals surface area contributed by atoms with Crippen LogP contribution in [0.1, 0.15) is 0 Å². The van der Waals surface area contributed by atoms with Crippen molar-refractivity contribution in [2.45, 2.75) is 0 Å². The highest BCUT2D eigenvalue weighted by Crippen LogP contribution is 2.40. The van der Waals surface area contributed by atoms with Gasteiger partial charge in [-0.3, -0.25) is 0 Å². The van der Waals surface area contributed by atoms with E-state index in [0.717, 1.165) is 0 Å². The van der Waals surface area contributed by atoms with E-state index in [2.05, 4.69) is 203 Å². The quantitative estimate of drug-likeness (QED) is 0.178. The summed E-state index contributed by atoms with van der Waals surface area (Å²) in [6, 6.07) is 71.0. The van der Waals surface area contributed by atoms with Crippen molar-refractivity contribution in [2.24, 2.45) is 0 Å². The molecule has 2 heterocycles. The fraction of sp³-hybridized carbons (Fsp3) is 0. The SMILES string of the molecule is c1ccc(-c2ccc3c(-n4c5ccccc5c5cc(-c6ccc7c(c6)c6ccccc6n7-c6ccc7ccccc7c6)ccc54)cccc3c2)cc1. The molecule has 11 rings (SSSR count). The molecule has 0 aliphatic rings. The van der Waals surface area contributed by atoms with Gasteiger partial charge in [0.15, 0.2) is 0 Å². The predicted molar refractivity (Wildman–Crippen MR) is 221 cm³/mol. The van der Waals surface area contributed by atoms with E-state index in [9.17, 15) is 0 Å². The Morgan fingerprint density at radius 3 is 1.56 bits per heavy atom. The largest absolute Gasteiger partial charge is 0.309 e. The first-order chi connectivity index (χ1) is 25.8. The second-order valence-electron chi connectivity index (χ2n) is 13.8. The van der Waals surface area contributed by atoms with E-state index in [1.807, 2.05) is 0 Å². The molecule has 11 aromatic rings. The van der Waals surface area contributed by atoms with Crippen LogP contribution in [0.25, 0.3) is 98.8 Å². The number of para-hydroxylation sites is 2. The van der Waals surface area contributed by atoms with E-state index in [-0.39, 0.29) is 0 Å². The van der Waals surface area contributed by atoms with Crippen LogP contribution in [0, 0.1) is 0 Å². The fourth-order valence-corrected chi connectivity index (χ4v) is 8.43. The maximum atomic E-state index is 2.44. The Morgan fingerprint density at radius 1 is 0.250 bits per heavy atom. The van der Waals surface area contributed by atoms with Crippen LogP contribution in [-0.4, -0.2) is 9.13 Å². The number of nitrogens with zero attached hydrogens (tertiary/aromatic N) is 2. The average Bonchev–Trinajstić information content (AvgIpc) is 3.72. The standard InChI is InChI=1S/C50H32N2/c1-2-11-33(12-3-1)36-22-26-41-39(29-36)15-10-20-46(41)52-48-19-9-7-17-43(48)45-32-38(24-28-50(45)52)37-23-27-49-44(31-37)42-16-6-8-18-47(42)51(49)40-25-21-34-13-4-5-14-35(34)30-40/h1-32H. The van der Waals surface area contributed by atoms with Gasteiger partial charge in [0.05, 0.1) is 27.8 Å². The van der Waals surface area contributed by atoms with Gasteiger partial charge in [0, 0.05) is 32.6 Å². The number of fused-ring (bicyclic) bond motifs is 8. The molecule has 0 aliphatic heterocycles. The van der Waals surface area contributed by atoms with Crippen molar-refractivity contribution in [2.75, 3.05) is 0 Å². The van der Waals surface area contributed by atoms with Gasteiger partial charge in [-0.15, -0.1) is 0 Å². The zero-order chi connectivity index (χ0) is 34.2. The minimum absolute atomic E-state index is 1.18. The van der Waals surface area contributed by atoms with E-state index in [0.29, 0.717) is 0 Å². The van der Waals surface area contributed by atoms with Gasteiger partial charge in [-0.1, -0.05) is 133 Å². The lowest BCUT2D eigenvalue weighted by atomic mass is 10.00. The summed E-state index contributed by atoms with van der Waals surface area (Å²) < 4.78 is 4.85. The Labute approximate surface area is 301 Å². The summed E-state index contributed by atoms with van der Waals surface area (Å²) in [6.07, 6.45) is 0. The minimum atomic E-state index is 1.18. The Hall–Kier alpha value is -6.90. The first-order valence-corrected chi connectivity index (χ1v) is 17.9. The van der Waals surface area contributed by atoms with Crippen molar-refractivity contribution in [3.05, 3.63) is 194 Å². The van der Waals surface area contributed by atoms with Crippen LogP contribution in [0.4, 0.5) is 0 Å². The lowest BCUT2D eigenvalue weighted by Crippen LogP contribution is -1.95. The molecule has 52 heavy (non-hydrogen) atoms. The second kappa shape index (κ2) is 11.3. The molecule has 0 fully saturated rings. The molecule has 0 aliphatic carbocycles. The molecule has 9 aromatic carbocycles. The molecular weight excluding hydrogens is 629 g/mol. The average molecular weight is 661 g/mol. The van der Waals surface area contributed by atoms with Gasteiger partial charge in [0.25, 0.3) is 0 Å². The number of benzene rings is 9. The summed E-state index contributed by atoms with van der Waals surface area (Å²) in [4.78, 5) is 0. The Kier molecular flexibility index (Phi) is 6.28. The zero-order valence-corrected chi connectivity index (χ0v) is 28.4. The molecular formula is C50H32N2. The number of hydrogen-bond acceptors (Lipinski definition) is 0. The molecule has 0 atom stereocenters. The topological polar surface area (TPSA) is 9.86 Å². The Morgan fingerprint density at radius 2 is 0.808 bits per heavy atom. The van der Waals surface area contributed by atoms with Gasteiger partial charge in [0.2, 0.25) is 0 Å². The van der Waals surface area contributed by atoms with Gasteiger partial charge in [-0.25, -0.2) is 0 Å². The number of aromatic nitrogens is 2. The van der Waals surface area contributed by atoms with E-state index >= 15 is 0 Å². The van der Waals surface area contributed by atoms with Crippen molar-refractivity contribution < 1.29 is 0 Å². The summed E-state index contributed by atoms with van der Waals surface area (Å²) in [7, 11) is 0. The van der Waals surface area contributed by atoms with Crippen LogP contribution in [-0.2, 0) is 0 Å². The molecule has 0 radical (unpaired) electrons. The van der Waals surface area contributed by atoms with Crippen molar-refractivity contribution in [1.29, 1.82) is 0 Å². The highest BCUT2D eigenvalue weighted by molar-refractivity contribution is 6.13. The van der Waals surface area contributed by atoms with Gasteiger partial charge in [-0.05, 0) is 99.1 Å². The summed E-state index contributed by atoms with van der Waals surface area (Å²) >= 11 is 0. The fourth-order valence-electron chi connectivity index (χ4n) is 8.43. The van der Waals surface area contributed by atoms with E-state index < -0.39 is 0 Å². The third-order valence-corrected chi connectivity index (χ3v) is 10.9. The summed E-state index contributed by atoms with van der Waals surface area (Å²) in [6.45, 7) is 0. The van der Waals surface area contributed by atoms with Crippen LogP contribution < -0.4 is 0 Å². The van der Waals surface area contributed by atoms with Crippen LogP contribution in [0.3, 0.4) is 0 Å². The van der Waals surface area contributed by atoms with Gasteiger partial charge >= 0.3 is 0 Å². The molecule has 0 amide bonds. The molecule has 0 bridgehead atoms. The molecule has 0 saturated carbocycles. The third-order valence-electron chi connectivity index (χ3n) is 10.9. The predicted octanol–water partition coefficient (Wildman–Crippen LogP) is 13.5. The van der Waals surface area contributed by atoms with Crippen molar-refractivity contribution in [1.82, 2.24) is 9.13 Å². The van der Waals surface area contributed by atoms with Crippen LogP contribution in [0.15, 0.2) is 194 Å². The summed E-state index contributed by atoms with van der Waals surface area (Å²) in [5.74, 6) is 0. The molecule has 0 N–H and O–H groups in total. The molecule has 2 aromatic heterocycles. The Balaban J connectivity index is 1.07. The third kappa shape index (κ3) is 4.38. The lowest BCUT2D eigenvalue weighted by molar-refractivity contribution is 1.19. The highest BCUT2D eigenvalue weighted by atomic mass is 15.0. The molecule has 2 nitrogen and oxygen atoms in total. The maximum Gasteiger partial charge on any atom is 0.0541 e. The highest BCUT2D eigenvalue weighted by Gasteiger charge is 2.17.